The van der Waals surface area contributed by atoms with E-state index in [1.165, 1.54) is 0 Å². The highest BCUT2D eigenvalue weighted by Crippen LogP contribution is 2.38. The molecule has 0 saturated heterocycles. The van der Waals surface area contributed by atoms with Crippen LogP contribution in [0.5, 0.6) is 0 Å². The first kappa shape index (κ1) is 18.6. The second-order valence-corrected chi connectivity index (χ2v) is 8.52. The fourth-order valence-electron chi connectivity index (χ4n) is 3.26. The van der Waals surface area contributed by atoms with Crippen molar-refractivity contribution in [1.82, 2.24) is 14.4 Å². The lowest BCUT2D eigenvalue weighted by Crippen LogP contribution is -1.93. The van der Waals surface area contributed by atoms with Crippen LogP contribution in [0.1, 0.15) is 0 Å². The number of hydrogen-bond donors (Lipinski definition) is 0. The summed E-state index contributed by atoms with van der Waals surface area (Å²) in [7, 11) is 0. The molecule has 5 aromatic rings. The molecule has 0 bridgehead atoms. The molecule has 0 fully saturated rings. The van der Waals surface area contributed by atoms with Crippen molar-refractivity contribution >= 4 is 51.9 Å². The quantitative estimate of drug-likeness (QED) is 0.278. The number of hydrogen-bond acceptors (Lipinski definition) is 3. The van der Waals surface area contributed by atoms with E-state index in [9.17, 15) is 0 Å². The molecule has 0 N–H and O–H groups in total. The standard InChI is InChI=1S/C22H12Cl3N3S/c23-16-3-1-13(2-4-16)20-21(18-6-5-17(24)9-19(18)25)28-11-15(10-26-22(28)27-20)14-7-8-29-12-14/h1-12H. The molecule has 7 heteroatoms. The van der Waals surface area contributed by atoms with E-state index < -0.39 is 0 Å². The van der Waals surface area contributed by atoms with Crippen LogP contribution in [0.4, 0.5) is 0 Å². The second kappa shape index (κ2) is 7.47. The van der Waals surface area contributed by atoms with E-state index >= 15 is 0 Å². The summed E-state index contributed by atoms with van der Waals surface area (Å²) >= 11 is 20.4. The predicted octanol–water partition coefficient (Wildman–Crippen LogP) is 7.75. The van der Waals surface area contributed by atoms with Gasteiger partial charge >= 0.3 is 0 Å². The molecule has 0 amide bonds. The first-order valence-corrected chi connectivity index (χ1v) is 10.8. The molecule has 0 radical (unpaired) electrons. The molecule has 0 saturated carbocycles. The number of imidazole rings is 1. The van der Waals surface area contributed by atoms with E-state index in [2.05, 4.69) is 16.4 Å². The Hall–Kier alpha value is -2.37. The van der Waals surface area contributed by atoms with E-state index in [-0.39, 0.29) is 0 Å². The zero-order chi connectivity index (χ0) is 20.0. The van der Waals surface area contributed by atoms with Crippen molar-refractivity contribution in [2.75, 3.05) is 0 Å². The van der Waals surface area contributed by atoms with Gasteiger partial charge in [0.25, 0.3) is 0 Å². The van der Waals surface area contributed by atoms with Crippen LogP contribution in [0, 0.1) is 0 Å². The molecule has 3 nitrogen and oxygen atoms in total. The molecule has 0 atom stereocenters. The summed E-state index contributed by atoms with van der Waals surface area (Å²) in [4.78, 5) is 9.39. The molecule has 2 aromatic carbocycles. The van der Waals surface area contributed by atoms with Crippen LogP contribution < -0.4 is 0 Å². The van der Waals surface area contributed by atoms with Crippen molar-refractivity contribution in [2.45, 2.75) is 0 Å². The van der Waals surface area contributed by atoms with E-state index in [0.29, 0.717) is 20.8 Å². The van der Waals surface area contributed by atoms with Crippen molar-refractivity contribution in [3.8, 4) is 33.6 Å². The lowest BCUT2D eigenvalue weighted by molar-refractivity contribution is 1.12. The molecule has 29 heavy (non-hydrogen) atoms. The van der Waals surface area contributed by atoms with Gasteiger partial charge in [-0.1, -0.05) is 46.9 Å². The molecule has 0 aliphatic rings. The van der Waals surface area contributed by atoms with Crippen molar-refractivity contribution < 1.29 is 0 Å². The topological polar surface area (TPSA) is 30.2 Å². The minimum Gasteiger partial charge on any atom is -0.282 e. The van der Waals surface area contributed by atoms with Gasteiger partial charge in [-0.2, -0.15) is 11.3 Å². The number of benzene rings is 2. The zero-order valence-corrected chi connectivity index (χ0v) is 17.9. The second-order valence-electron chi connectivity index (χ2n) is 6.46. The van der Waals surface area contributed by atoms with Crippen LogP contribution in [0.2, 0.25) is 15.1 Å². The third-order valence-electron chi connectivity index (χ3n) is 4.64. The van der Waals surface area contributed by atoms with Crippen molar-refractivity contribution in [3.05, 3.63) is 86.8 Å². The molecule has 3 aromatic heterocycles. The number of fused-ring (bicyclic) bond motifs is 1. The minimum atomic E-state index is 0.551. The summed E-state index contributed by atoms with van der Waals surface area (Å²) in [6.45, 7) is 0. The summed E-state index contributed by atoms with van der Waals surface area (Å²) in [6.07, 6.45) is 3.88. The Balaban J connectivity index is 1.82. The number of aromatic nitrogens is 3. The van der Waals surface area contributed by atoms with Gasteiger partial charge in [-0.3, -0.25) is 4.40 Å². The maximum atomic E-state index is 6.58. The molecule has 0 aliphatic carbocycles. The summed E-state index contributed by atoms with van der Waals surface area (Å²) in [5, 5.41) is 5.94. The molecule has 0 spiro atoms. The Bertz CT molecular complexity index is 1330. The van der Waals surface area contributed by atoms with Crippen LogP contribution in [-0.4, -0.2) is 14.4 Å². The van der Waals surface area contributed by atoms with Crippen LogP contribution in [0.15, 0.2) is 71.7 Å². The zero-order valence-electron chi connectivity index (χ0n) is 14.8. The SMILES string of the molecule is Clc1ccc(-c2nc3ncc(-c4ccsc4)cn3c2-c2ccc(Cl)cc2Cl)cc1. The molecular weight excluding hydrogens is 445 g/mol. The van der Waals surface area contributed by atoms with Gasteiger partial charge in [0.05, 0.1) is 16.4 Å². The third-order valence-corrected chi connectivity index (χ3v) is 6.12. The predicted molar refractivity (Wildman–Crippen MR) is 122 cm³/mol. The third kappa shape index (κ3) is 3.43. The molecule has 0 aliphatic heterocycles. The molecule has 3 heterocycles. The fraction of sp³-hybridized carbons (Fsp3) is 0. The maximum Gasteiger partial charge on any atom is 0.234 e. The molecule has 142 valence electrons. The highest BCUT2D eigenvalue weighted by molar-refractivity contribution is 7.08. The Morgan fingerprint density at radius 2 is 1.62 bits per heavy atom. The minimum absolute atomic E-state index is 0.551. The molecular formula is C22H12Cl3N3S. The average molecular weight is 457 g/mol. The lowest BCUT2D eigenvalue weighted by Gasteiger charge is -2.09. The highest BCUT2D eigenvalue weighted by atomic mass is 35.5. The first-order valence-electron chi connectivity index (χ1n) is 8.72. The largest absolute Gasteiger partial charge is 0.282 e. The summed E-state index contributed by atoms with van der Waals surface area (Å²) in [5.74, 6) is 0.593. The van der Waals surface area contributed by atoms with Gasteiger partial charge in [0.2, 0.25) is 5.78 Å². The highest BCUT2D eigenvalue weighted by Gasteiger charge is 2.19. The summed E-state index contributed by atoms with van der Waals surface area (Å²) < 4.78 is 1.98. The van der Waals surface area contributed by atoms with Gasteiger partial charge in [-0.15, -0.1) is 0 Å². The number of thiophene rings is 1. The van der Waals surface area contributed by atoms with Crippen LogP contribution in [0.3, 0.4) is 0 Å². The normalized spacial score (nSPS) is 11.3. The van der Waals surface area contributed by atoms with E-state index in [1.807, 2.05) is 58.6 Å². The van der Waals surface area contributed by atoms with Crippen molar-refractivity contribution in [3.63, 3.8) is 0 Å². The van der Waals surface area contributed by atoms with Gasteiger partial charge in [0.1, 0.15) is 0 Å². The van der Waals surface area contributed by atoms with Crippen LogP contribution in [-0.2, 0) is 0 Å². The van der Waals surface area contributed by atoms with Gasteiger partial charge in [0, 0.05) is 39.1 Å². The Kier molecular flexibility index (Phi) is 4.80. The fourth-order valence-corrected chi connectivity index (χ4v) is 4.55. The molecule has 0 unspecified atom stereocenters. The first-order chi connectivity index (χ1) is 14.1. The summed E-state index contributed by atoms with van der Waals surface area (Å²) in [6, 6.07) is 15.1. The number of halogens is 3. The van der Waals surface area contributed by atoms with Gasteiger partial charge in [-0.25, -0.2) is 9.97 Å². The number of nitrogens with zero attached hydrogens (tertiary/aromatic N) is 3. The van der Waals surface area contributed by atoms with Gasteiger partial charge in [0.15, 0.2) is 0 Å². The Labute approximate surface area is 186 Å². The number of rotatable bonds is 3. The van der Waals surface area contributed by atoms with Crippen molar-refractivity contribution in [2.24, 2.45) is 0 Å². The Morgan fingerprint density at radius 1 is 0.828 bits per heavy atom. The smallest absolute Gasteiger partial charge is 0.234 e. The summed E-state index contributed by atoms with van der Waals surface area (Å²) in [5.41, 5.74) is 5.51. The van der Waals surface area contributed by atoms with E-state index in [0.717, 1.165) is 33.6 Å². The Morgan fingerprint density at radius 3 is 2.34 bits per heavy atom. The molecule has 5 rings (SSSR count). The van der Waals surface area contributed by atoms with Crippen molar-refractivity contribution in [1.29, 1.82) is 0 Å². The lowest BCUT2D eigenvalue weighted by atomic mass is 10.0. The van der Waals surface area contributed by atoms with Crippen LogP contribution in [0.25, 0.3) is 39.4 Å². The van der Waals surface area contributed by atoms with Gasteiger partial charge in [-0.05, 0) is 52.7 Å². The average Bonchev–Trinajstić information content (AvgIpc) is 3.36. The van der Waals surface area contributed by atoms with Gasteiger partial charge < -0.3 is 0 Å². The van der Waals surface area contributed by atoms with E-state index in [4.69, 9.17) is 39.8 Å². The van der Waals surface area contributed by atoms with Crippen LogP contribution >= 0.6 is 46.1 Å². The monoisotopic (exact) mass is 455 g/mol. The maximum absolute atomic E-state index is 6.58. The van der Waals surface area contributed by atoms with E-state index in [1.54, 1.807) is 17.4 Å².